The molecule has 2 aliphatic heterocycles. The number of fused-ring (bicyclic) bond motifs is 2. The average Bonchev–Trinajstić information content (AvgIpc) is 3.12. The number of aliphatic hydroxyl groups is 1. The topological polar surface area (TPSA) is 38.7 Å². The molecule has 2 unspecified atom stereocenters. The smallest absolute Gasteiger partial charge is 0.130 e. The van der Waals surface area contributed by atoms with E-state index in [1.165, 1.54) is 32.1 Å². The first-order valence-corrected chi connectivity index (χ1v) is 13.6. The second kappa shape index (κ2) is 7.68. The summed E-state index contributed by atoms with van der Waals surface area (Å²) in [6.45, 7) is 14.4. The molecular weight excluding hydrogens is 396 g/mol. The number of hydrogen-bond donors (Lipinski definition) is 1. The van der Waals surface area contributed by atoms with Crippen LogP contribution in [0.2, 0.25) is 0 Å². The summed E-state index contributed by atoms with van der Waals surface area (Å²) >= 11 is 0. The van der Waals surface area contributed by atoms with Crippen molar-refractivity contribution in [3.05, 3.63) is 24.3 Å². The SMILES string of the molecule is CC[C@H](/C=C/[C@@H](C)[C@H]1CCC2[C@@]34C=C[C@]5(C[C@@H](O)CC[C@]5(C)C3CC[C@@]21C)OO4)C(C)C. The molecule has 0 radical (unpaired) electrons. The van der Waals surface area contributed by atoms with E-state index in [1.807, 2.05) is 0 Å². The van der Waals surface area contributed by atoms with Crippen LogP contribution in [0.25, 0.3) is 0 Å². The van der Waals surface area contributed by atoms with Gasteiger partial charge in [-0.2, -0.15) is 0 Å². The Balaban J connectivity index is 1.44. The Morgan fingerprint density at radius 1 is 0.969 bits per heavy atom. The number of rotatable bonds is 5. The lowest BCUT2D eigenvalue weighted by Crippen LogP contribution is -2.73. The average molecular weight is 443 g/mol. The molecule has 3 saturated carbocycles. The van der Waals surface area contributed by atoms with Gasteiger partial charge in [-0.25, -0.2) is 9.78 Å². The molecule has 2 heterocycles. The van der Waals surface area contributed by atoms with Crippen LogP contribution < -0.4 is 0 Å². The zero-order valence-electron chi connectivity index (χ0n) is 21.3. The van der Waals surface area contributed by atoms with Gasteiger partial charge in [-0.1, -0.05) is 59.8 Å². The highest BCUT2D eigenvalue weighted by atomic mass is 17.2. The minimum absolute atomic E-state index is 0.0653. The Morgan fingerprint density at radius 2 is 1.75 bits per heavy atom. The summed E-state index contributed by atoms with van der Waals surface area (Å²) < 4.78 is 0. The highest BCUT2D eigenvalue weighted by molar-refractivity contribution is 5.33. The van der Waals surface area contributed by atoms with Gasteiger partial charge in [-0.05, 0) is 80.1 Å². The van der Waals surface area contributed by atoms with Gasteiger partial charge in [0.1, 0.15) is 11.2 Å². The Hall–Kier alpha value is -0.640. The standard InChI is InChI=1S/C29H46O3/c1-7-21(19(2)3)9-8-20(4)23-10-11-24-26(23,5)14-13-25-27(6)15-12-22(30)18-28(27)16-17-29(24,25)32-31-28/h8-9,16-17,19-25,30H,7,10-15,18H2,1-6H3/b9-8+/t20-,21-,22+,23-,24?,25?,26-,27-,28-,29+/m1/s1. The number of allylic oxidation sites excluding steroid dienone is 2. The molecule has 1 saturated heterocycles. The lowest BCUT2D eigenvalue weighted by atomic mass is 9.43. The second-order valence-corrected chi connectivity index (χ2v) is 13.0. The van der Waals surface area contributed by atoms with E-state index in [2.05, 4.69) is 65.8 Å². The van der Waals surface area contributed by atoms with Gasteiger partial charge >= 0.3 is 0 Å². The summed E-state index contributed by atoms with van der Waals surface area (Å²) in [6, 6.07) is 0. The van der Waals surface area contributed by atoms with Crippen molar-refractivity contribution in [1.29, 1.82) is 0 Å². The predicted octanol–water partition coefficient (Wildman–Crippen LogP) is 6.86. The molecule has 6 aliphatic rings. The van der Waals surface area contributed by atoms with E-state index in [4.69, 9.17) is 9.78 Å². The zero-order chi connectivity index (χ0) is 22.9. The van der Waals surface area contributed by atoms with Gasteiger partial charge in [0.05, 0.1) is 6.10 Å². The van der Waals surface area contributed by atoms with Crippen molar-refractivity contribution in [3.63, 3.8) is 0 Å². The van der Waals surface area contributed by atoms with Gasteiger partial charge in [-0.3, -0.25) is 0 Å². The molecule has 4 aliphatic carbocycles. The lowest BCUT2D eigenvalue weighted by molar-refractivity contribution is -0.497. The maximum atomic E-state index is 10.4. The van der Waals surface area contributed by atoms with Crippen LogP contribution in [0.5, 0.6) is 0 Å². The zero-order valence-corrected chi connectivity index (χ0v) is 21.3. The first-order chi connectivity index (χ1) is 15.1. The molecule has 0 amide bonds. The van der Waals surface area contributed by atoms with Crippen LogP contribution in [0.4, 0.5) is 0 Å². The Kier molecular flexibility index (Phi) is 5.55. The van der Waals surface area contributed by atoms with Crippen molar-refractivity contribution in [1.82, 2.24) is 0 Å². The van der Waals surface area contributed by atoms with E-state index in [-0.39, 0.29) is 22.5 Å². The summed E-state index contributed by atoms with van der Waals surface area (Å²) in [7, 11) is 0. The van der Waals surface area contributed by atoms with Gasteiger partial charge in [0.25, 0.3) is 0 Å². The Morgan fingerprint density at radius 3 is 2.41 bits per heavy atom. The van der Waals surface area contributed by atoms with Gasteiger partial charge in [0, 0.05) is 23.7 Å². The predicted molar refractivity (Wildman–Crippen MR) is 129 cm³/mol. The minimum atomic E-state index is -0.440. The van der Waals surface area contributed by atoms with Gasteiger partial charge in [0.15, 0.2) is 0 Å². The lowest BCUT2D eigenvalue weighted by Gasteiger charge is -2.69. The quantitative estimate of drug-likeness (QED) is 0.373. The molecule has 0 aromatic carbocycles. The maximum absolute atomic E-state index is 10.4. The Bertz CT molecular complexity index is 787. The van der Waals surface area contributed by atoms with E-state index in [1.54, 1.807) is 0 Å². The first-order valence-electron chi connectivity index (χ1n) is 13.6. The third-order valence-corrected chi connectivity index (χ3v) is 11.3. The highest BCUT2D eigenvalue weighted by Crippen LogP contribution is 2.72. The fourth-order valence-electron chi connectivity index (χ4n) is 9.29. The van der Waals surface area contributed by atoms with Crippen LogP contribution in [-0.4, -0.2) is 22.4 Å². The van der Waals surface area contributed by atoms with Crippen LogP contribution in [0, 0.1) is 46.3 Å². The van der Waals surface area contributed by atoms with E-state index in [0.717, 1.165) is 12.8 Å². The summed E-state index contributed by atoms with van der Waals surface area (Å²) in [6.07, 6.45) is 18.3. The molecule has 32 heavy (non-hydrogen) atoms. The maximum Gasteiger partial charge on any atom is 0.130 e. The molecular formula is C29H46O3. The molecule has 1 N–H and O–H groups in total. The molecule has 2 bridgehead atoms. The van der Waals surface area contributed by atoms with Crippen LogP contribution >= 0.6 is 0 Å². The summed E-state index contributed by atoms with van der Waals surface area (Å²) in [4.78, 5) is 12.8. The largest absolute Gasteiger partial charge is 0.393 e. The van der Waals surface area contributed by atoms with Crippen molar-refractivity contribution in [3.8, 4) is 0 Å². The van der Waals surface area contributed by atoms with E-state index in [0.29, 0.717) is 41.9 Å². The Labute approximate surface area is 195 Å². The molecule has 6 rings (SSSR count). The molecule has 3 heteroatoms. The van der Waals surface area contributed by atoms with Crippen molar-refractivity contribution >= 4 is 0 Å². The number of aliphatic hydroxyl groups excluding tert-OH is 1. The normalized spacial score (nSPS) is 51.5. The molecule has 3 nitrogen and oxygen atoms in total. The molecule has 0 aromatic rings. The summed E-state index contributed by atoms with van der Waals surface area (Å²) in [5, 5.41) is 10.4. The van der Waals surface area contributed by atoms with E-state index in [9.17, 15) is 5.11 Å². The van der Waals surface area contributed by atoms with Crippen LogP contribution in [0.1, 0.15) is 92.9 Å². The monoisotopic (exact) mass is 442 g/mol. The van der Waals surface area contributed by atoms with Gasteiger partial charge in [-0.15, -0.1) is 0 Å². The summed E-state index contributed by atoms with van der Waals surface area (Å²) in [5.74, 6) is 3.70. The second-order valence-electron chi connectivity index (χ2n) is 13.0. The van der Waals surface area contributed by atoms with Crippen molar-refractivity contribution < 1.29 is 14.9 Å². The van der Waals surface area contributed by atoms with Crippen LogP contribution in [0.15, 0.2) is 24.3 Å². The van der Waals surface area contributed by atoms with Crippen molar-refractivity contribution in [2.75, 3.05) is 0 Å². The van der Waals surface area contributed by atoms with Gasteiger partial charge in [0.2, 0.25) is 0 Å². The molecule has 0 aromatic heterocycles. The molecule has 4 fully saturated rings. The fourth-order valence-corrected chi connectivity index (χ4v) is 9.29. The molecule has 180 valence electrons. The molecule has 2 spiro atoms. The fraction of sp³-hybridized carbons (Fsp3) is 0.862. The van der Waals surface area contributed by atoms with Crippen molar-refractivity contribution in [2.24, 2.45) is 46.3 Å². The van der Waals surface area contributed by atoms with Crippen molar-refractivity contribution in [2.45, 2.75) is 110 Å². The van der Waals surface area contributed by atoms with E-state index >= 15 is 0 Å². The first kappa shape index (κ1) is 23.1. The van der Waals surface area contributed by atoms with Crippen LogP contribution in [0.3, 0.4) is 0 Å². The van der Waals surface area contributed by atoms with E-state index < -0.39 is 5.60 Å². The minimum Gasteiger partial charge on any atom is -0.393 e. The molecule has 10 atom stereocenters. The third kappa shape index (κ3) is 2.96. The van der Waals surface area contributed by atoms with Gasteiger partial charge < -0.3 is 5.11 Å². The van der Waals surface area contributed by atoms with Crippen LogP contribution in [-0.2, 0) is 9.78 Å². The third-order valence-electron chi connectivity index (χ3n) is 11.3. The number of hydrogen-bond acceptors (Lipinski definition) is 3. The highest BCUT2D eigenvalue weighted by Gasteiger charge is 2.74. The summed E-state index contributed by atoms with van der Waals surface area (Å²) in [5.41, 5.74) is -0.371.